The highest BCUT2D eigenvalue weighted by atomic mass is 32.1. The van der Waals surface area contributed by atoms with Crippen molar-refractivity contribution in [1.82, 2.24) is 0 Å². The van der Waals surface area contributed by atoms with E-state index in [0.717, 1.165) is 17.1 Å². The van der Waals surface area contributed by atoms with Crippen LogP contribution >= 0.6 is 11.3 Å². The van der Waals surface area contributed by atoms with Gasteiger partial charge in [-0.3, -0.25) is 4.79 Å². The Morgan fingerprint density at radius 3 is 2.80 bits per heavy atom. The number of furan rings is 1. The summed E-state index contributed by atoms with van der Waals surface area (Å²) in [6, 6.07) is 5.66. The Hall–Kier alpha value is -1.35. The Morgan fingerprint density at radius 2 is 2.27 bits per heavy atom. The molecule has 0 N–H and O–H groups in total. The number of ketones is 1. The second-order valence-corrected chi connectivity index (χ2v) is 4.56. The summed E-state index contributed by atoms with van der Waals surface area (Å²) in [4.78, 5) is 14.0. The van der Waals surface area contributed by atoms with E-state index in [4.69, 9.17) is 4.42 Å². The summed E-state index contributed by atoms with van der Waals surface area (Å²) in [5.41, 5.74) is 0.636. The van der Waals surface area contributed by atoms with Gasteiger partial charge in [-0.15, -0.1) is 11.3 Å². The Kier molecular flexibility index (Phi) is 2.73. The molecule has 0 aromatic carbocycles. The zero-order valence-electron chi connectivity index (χ0n) is 8.74. The predicted octanol–water partition coefficient (Wildman–Crippen LogP) is 3.44. The van der Waals surface area contributed by atoms with E-state index in [1.54, 1.807) is 17.4 Å². The highest BCUT2D eigenvalue weighted by molar-refractivity contribution is 7.14. The maximum atomic E-state index is 11.9. The van der Waals surface area contributed by atoms with Crippen molar-refractivity contribution in [2.75, 3.05) is 0 Å². The molecule has 3 heteroatoms. The standard InChI is InChI=1S/C12H12O2S/c1-3-10-4-5-11(15-10)12(13)9-6-8(2)14-7-9/h4-7H,3H2,1-2H3. The normalized spacial score (nSPS) is 10.5. The molecule has 0 aliphatic carbocycles. The second-order valence-electron chi connectivity index (χ2n) is 3.39. The van der Waals surface area contributed by atoms with Crippen LogP contribution < -0.4 is 0 Å². The highest BCUT2D eigenvalue weighted by Crippen LogP contribution is 2.21. The minimum atomic E-state index is 0.0524. The molecule has 0 amide bonds. The third kappa shape index (κ3) is 2.02. The third-order valence-corrected chi connectivity index (χ3v) is 3.45. The lowest BCUT2D eigenvalue weighted by Gasteiger charge is -1.90. The van der Waals surface area contributed by atoms with Gasteiger partial charge in [-0.2, -0.15) is 0 Å². The molecule has 0 atom stereocenters. The van der Waals surface area contributed by atoms with Crippen molar-refractivity contribution in [2.45, 2.75) is 20.3 Å². The first-order valence-electron chi connectivity index (χ1n) is 4.89. The van der Waals surface area contributed by atoms with Gasteiger partial charge in [0.25, 0.3) is 0 Å². The van der Waals surface area contributed by atoms with E-state index < -0.39 is 0 Å². The molecule has 2 nitrogen and oxygen atoms in total. The Labute approximate surface area is 92.5 Å². The number of thiophene rings is 1. The van der Waals surface area contributed by atoms with Crippen LogP contribution in [0.25, 0.3) is 0 Å². The summed E-state index contributed by atoms with van der Waals surface area (Å²) in [7, 11) is 0. The maximum Gasteiger partial charge on any atom is 0.206 e. The van der Waals surface area contributed by atoms with Crippen LogP contribution in [0, 0.1) is 6.92 Å². The van der Waals surface area contributed by atoms with Crippen LogP contribution in [0.15, 0.2) is 28.9 Å². The minimum absolute atomic E-state index is 0.0524. The van der Waals surface area contributed by atoms with Gasteiger partial charge in [0.15, 0.2) is 0 Å². The van der Waals surface area contributed by atoms with Crippen molar-refractivity contribution in [3.8, 4) is 0 Å². The minimum Gasteiger partial charge on any atom is -0.469 e. The van der Waals surface area contributed by atoms with Gasteiger partial charge < -0.3 is 4.42 Å². The van der Waals surface area contributed by atoms with Gasteiger partial charge in [-0.1, -0.05) is 6.92 Å². The summed E-state index contributed by atoms with van der Waals surface area (Å²) < 4.78 is 5.12. The summed E-state index contributed by atoms with van der Waals surface area (Å²) >= 11 is 1.55. The monoisotopic (exact) mass is 220 g/mol. The van der Waals surface area contributed by atoms with E-state index in [2.05, 4.69) is 6.92 Å². The van der Waals surface area contributed by atoms with Gasteiger partial charge in [-0.05, 0) is 31.5 Å². The van der Waals surface area contributed by atoms with E-state index in [-0.39, 0.29) is 5.78 Å². The lowest BCUT2D eigenvalue weighted by molar-refractivity contribution is 0.104. The first-order valence-corrected chi connectivity index (χ1v) is 5.71. The number of aryl methyl sites for hydroxylation is 2. The molecule has 0 bridgehead atoms. The van der Waals surface area contributed by atoms with Crippen LogP contribution in [0.1, 0.15) is 32.8 Å². The number of rotatable bonds is 3. The van der Waals surface area contributed by atoms with Gasteiger partial charge in [0.05, 0.1) is 10.4 Å². The summed E-state index contributed by atoms with van der Waals surface area (Å²) in [5.74, 6) is 0.821. The van der Waals surface area contributed by atoms with Gasteiger partial charge in [0.2, 0.25) is 5.78 Å². The zero-order chi connectivity index (χ0) is 10.8. The molecular weight excluding hydrogens is 208 g/mol. The van der Waals surface area contributed by atoms with Crippen molar-refractivity contribution >= 4 is 17.1 Å². The van der Waals surface area contributed by atoms with Crippen LogP contribution in [-0.4, -0.2) is 5.78 Å². The molecule has 2 heterocycles. The average molecular weight is 220 g/mol. The van der Waals surface area contributed by atoms with Gasteiger partial charge in [-0.25, -0.2) is 0 Å². The molecule has 0 radical (unpaired) electrons. The van der Waals surface area contributed by atoms with Crippen molar-refractivity contribution < 1.29 is 9.21 Å². The number of hydrogen-bond donors (Lipinski definition) is 0. The first kappa shape index (κ1) is 10.2. The number of hydrogen-bond acceptors (Lipinski definition) is 3. The molecule has 0 aliphatic rings. The van der Waals surface area contributed by atoms with Gasteiger partial charge in [0.1, 0.15) is 12.0 Å². The quantitative estimate of drug-likeness (QED) is 0.742. The number of carbonyl (C=O) groups is 1. The third-order valence-electron chi connectivity index (χ3n) is 2.23. The van der Waals surface area contributed by atoms with E-state index in [9.17, 15) is 4.79 Å². The highest BCUT2D eigenvalue weighted by Gasteiger charge is 2.13. The molecule has 0 fully saturated rings. The molecule has 0 aliphatic heterocycles. The van der Waals surface area contributed by atoms with Crippen molar-refractivity contribution in [1.29, 1.82) is 0 Å². The van der Waals surface area contributed by atoms with Crippen LogP contribution in [0.4, 0.5) is 0 Å². The summed E-state index contributed by atoms with van der Waals surface area (Å²) in [6.07, 6.45) is 2.49. The average Bonchev–Trinajstić information content (AvgIpc) is 2.84. The maximum absolute atomic E-state index is 11.9. The Bertz CT molecular complexity index is 479. The van der Waals surface area contributed by atoms with Gasteiger partial charge >= 0.3 is 0 Å². The predicted molar refractivity (Wildman–Crippen MR) is 60.6 cm³/mol. The Morgan fingerprint density at radius 1 is 1.47 bits per heavy atom. The lowest BCUT2D eigenvalue weighted by Crippen LogP contribution is -1.95. The molecule has 0 saturated heterocycles. The van der Waals surface area contributed by atoms with Crippen LogP contribution in [0.5, 0.6) is 0 Å². The van der Waals surface area contributed by atoms with Crippen LogP contribution in [-0.2, 0) is 6.42 Å². The molecule has 2 rings (SSSR count). The SMILES string of the molecule is CCc1ccc(C(=O)c2coc(C)c2)s1. The lowest BCUT2D eigenvalue weighted by atomic mass is 10.2. The molecule has 2 aromatic rings. The fourth-order valence-electron chi connectivity index (χ4n) is 1.39. The molecule has 78 valence electrons. The smallest absolute Gasteiger partial charge is 0.206 e. The zero-order valence-corrected chi connectivity index (χ0v) is 9.56. The van der Waals surface area contributed by atoms with Crippen LogP contribution in [0.2, 0.25) is 0 Å². The topological polar surface area (TPSA) is 30.2 Å². The van der Waals surface area contributed by atoms with Crippen molar-refractivity contribution in [3.63, 3.8) is 0 Å². The number of carbonyl (C=O) groups excluding carboxylic acids is 1. The Balaban J connectivity index is 2.28. The fraction of sp³-hybridized carbons (Fsp3) is 0.250. The van der Waals surface area contributed by atoms with Gasteiger partial charge in [0, 0.05) is 4.88 Å². The molecule has 2 aromatic heterocycles. The second kappa shape index (κ2) is 4.03. The molecule has 0 saturated carbocycles. The van der Waals surface area contributed by atoms with E-state index in [1.165, 1.54) is 11.1 Å². The first-order chi connectivity index (χ1) is 7.20. The molecule has 0 unspecified atom stereocenters. The van der Waals surface area contributed by atoms with E-state index in [0.29, 0.717) is 5.56 Å². The fourth-order valence-corrected chi connectivity index (χ4v) is 2.30. The van der Waals surface area contributed by atoms with E-state index in [1.807, 2.05) is 19.1 Å². The van der Waals surface area contributed by atoms with Crippen molar-refractivity contribution in [3.05, 3.63) is 45.5 Å². The largest absolute Gasteiger partial charge is 0.469 e. The van der Waals surface area contributed by atoms with E-state index >= 15 is 0 Å². The molecule has 15 heavy (non-hydrogen) atoms. The summed E-state index contributed by atoms with van der Waals surface area (Å²) in [5, 5.41) is 0. The molecule has 0 spiro atoms. The van der Waals surface area contributed by atoms with Crippen molar-refractivity contribution in [2.24, 2.45) is 0 Å². The molecular formula is C12H12O2S. The van der Waals surface area contributed by atoms with Crippen LogP contribution in [0.3, 0.4) is 0 Å². The summed E-state index contributed by atoms with van der Waals surface area (Å²) in [6.45, 7) is 3.92.